The number of halogens is 2. The van der Waals surface area contributed by atoms with Crippen molar-refractivity contribution < 1.29 is 23.5 Å². The maximum Gasteiger partial charge on any atom is 0.277 e. The van der Waals surface area contributed by atoms with Gasteiger partial charge in [-0.2, -0.15) is 0 Å². The van der Waals surface area contributed by atoms with Crippen molar-refractivity contribution >= 4 is 17.5 Å². The number of para-hydroxylation sites is 1. The molecule has 0 aliphatic carbocycles. The SMILES string of the molecule is O=C1C=C(Nc2ccccc2C(F)F)C(=O)N1CCO. The van der Waals surface area contributed by atoms with Gasteiger partial charge >= 0.3 is 0 Å². The number of β-amino-alcohol motifs (C(OH)–C–C–N with tert-alkyl or cyclic N) is 1. The van der Waals surface area contributed by atoms with Gasteiger partial charge in [0.15, 0.2) is 0 Å². The Kier molecular flexibility index (Phi) is 4.09. The van der Waals surface area contributed by atoms with Crippen LogP contribution < -0.4 is 5.32 Å². The fourth-order valence-electron chi connectivity index (χ4n) is 1.86. The smallest absolute Gasteiger partial charge is 0.277 e. The minimum atomic E-state index is -2.69. The van der Waals surface area contributed by atoms with Crippen LogP contribution in [0.5, 0.6) is 0 Å². The molecule has 0 atom stereocenters. The topological polar surface area (TPSA) is 69.6 Å². The molecule has 2 N–H and O–H groups in total. The monoisotopic (exact) mass is 282 g/mol. The molecule has 1 aromatic rings. The van der Waals surface area contributed by atoms with Gasteiger partial charge in [-0.05, 0) is 6.07 Å². The van der Waals surface area contributed by atoms with E-state index in [4.69, 9.17) is 5.11 Å². The van der Waals surface area contributed by atoms with Crippen LogP contribution >= 0.6 is 0 Å². The van der Waals surface area contributed by atoms with Crippen LogP contribution in [0.1, 0.15) is 12.0 Å². The first-order chi connectivity index (χ1) is 9.54. The van der Waals surface area contributed by atoms with Crippen molar-refractivity contribution in [1.29, 1.82) is 0 Å². The zero-order valence-corrected chi connectivity index (χ0v) is 10.3. The van der Waals surface area contributed by atoms with E-state index in [-0.39, 0.29) is 30.1 Å². The van der Waals surface area contributed by atoms with E-state index in [0.29, 0.717) is 0 Å². The average molecular weight is 282 g/mol. The van der Waals surface area contributed by atoms with Gasteiger partial charge in [-0.25, -0.2) is 8.78 Å². The molecule has 1 aliphatic heterocycles. The van der Waals surface area contributed by atoms with Gasteiger partial charge in [-0.1, -0.05) is 18.2 Å². The van der Waals surface area contributed by atoms with Crippen molar-refractivity contribution in [2.75, 3.05) is 18.5 Å². The zero-order chi connectivity index (χ0) is 14.7. The molecule has 7 heteroatoms. The van der Waals surface area contributed by atoms with E-state index in [2.05, 4.69) is 5.32 Å². The normalized spacial score (nSPS) is 15.0. The lowest BCUT2D eigenvalue weighted by atomic mass is 10.2. The zero-order valence-electron chi connectivity index (χ0n) is 10.3. The third-order valence-electron chi connectivity index (χ3n) is 2.80. The molecule has 0 saturated heterocycles. The predicted octanol–water partition coefficient (Wildman–Crippen LogP) is 1.28. The van der Waals surface area contributed by atoms with Crippen LogP contribution in [-0.2, 0) is 9.59 Å². The highest BCUT2D eigenvalue weighted by atomic mass is 19.3. The summed E-state index contributed by atoms with van der Waals surface area (Å²) in [6, 6.07) is 5.64. The van der Waals surface area contributed by atoms with Gasteiger partial charge in [0.05, 0.1) is 13.2 Å². The number of rotatable bonds is 5. The summed E-state index contributed by atoms with van der Waals surface area (Å²) in [6.45, 7) is -0.484. The molecular weight excluding hydrogens is 270 g/mol. The van der Waals surface area contributed by atoms with Gasteiger partial charge in [0, 0.05) is 17.3 Å². The Balaban J connectivity index is 2.22. The van der Waals surface area contributed by atoms with Crippen LogP contribution in [0.15, 0.2) is 36.0 Å². The fraction of sp³-hybridized carbons (Fsp3) is 0.231. The maximum absolute atomic E-state index is 12.8. The van der Waals surface area contributed by atoms with Crippen molar-refractivity contribution in [2.24, 2.45) is 0 Å². The molecule has 0 bridgehead atoms. The number of anilines is 1. The molecule has 1 aliphatic rings. The summed E-state index contributed by atoms with van der Waals surface area (Å²) in [5.74, 6) is -1.23. The number of hydrogen-bond donors (Lipinski definition) is 2. The lowest BCUT2D eigenvalue weighted by Crippen LogP contribution is -2.34. The van der Waals surface area contributed by atoms with Gasteiger partial charge in [-0.3, -0.25) is 14.5 Å². The molecule has 1 heterocycles. The second kappa shape index (κ2) is 5.79. The molecule has 1 aromatic carbocycles. The molecule has 0 radical (unpaired) electrons. The van der Waals surface area contributed by atoms with E-state index in [0.717, 1.165) is 11.0 Å². The number of carbonyl (C=O) groups is 2. The molecule has 5 nitrogen and oxygen atoms in total. The van der Waals surface area contributed by atoms with Crippen LogP contribution in [0.4, 0.5) is 14.5 Å². The Morgan fingerprint density at radius 3 is 2.60 bits per heavy atom. The summed E-state index contributed by atoms with van der Waals surface area (Å²) in [6.07, 6.45) is -1.67. The lowest BCUT2D eigenvalue weighted by molar-refractivity contribution is -0.137. The number of amides is 2. The van der Waals surface area contributed by atoms with Crippen LogP contribution in [-0.4, -0.2) is 35.0 Å². The van der Waals surface area contributed by atoms with E-state index >= 15 is 0 Å². The first-order valence-electron chi connectivity index (χ1n) is 5.87. The summed E-state index contributed by atoms with van der Waals surface area (Å²) in [4.78, 5) is 24.2. The number of carbonyl (C=O) groups excluding carboxylic acids is 2. The summed E-state index contributed by atoms with van der Waals surface area (Å²) >= 11 is 0. The number of hydrogen-bond acceptors (Lipinski definition) is 4. The molecule has 2 rings (SSSR count). The number of nitrogens with one attached hydrogen (secondary N) is 1. The molecule has 0 unspecified atom stereocenters. The molecule has 20 heavy (non-hydrogen) atoms. The van der Waals surface area contributed by atoms with Gasteiger partial charge in [-0.15, -0.1) is 0 Å². The first-order valence-corrected chi connectivity index (χ1v) is 5.87. The number of imide groups is 1. The molecule has 0 saturated carbocycles. The number of aliphatic hydroxyl groups is 1. The van der Waals surface area contributed by atoms with E-state index in [9.17, 15) is 18.4 Å². The largest absolute Gasteiger partial charge is 0.395 e. The summed E-state index contributed by atoms with van der Waals surface area (Å²) < 4.78 is 25.6. The number of aliphatic hydroxyl groups excluding tert-OH is 1. The standard InChI is InChI=1S/C13H12F2N2O3/c14-12(15)8-3-1-2-4-9(8)16-10-7-11(19)17(5-6-18)13(10)20/h1-4,7,12,16,18H,5-6H2. The predicted molar refractivity (Wildman–Crippen MR) is 66.9 cm³/mol. The van der Waals surface area contributed by atoms with Crippen molar-refractivity contribution in [2.45, 2.75) is 6.43 Å². The maximum atomic E-state index is 12.8. The number of alkyl halides is 2. The summed E-state index contributed by atoms with van der Waals surface area (Å²) in [5, 5.41) is 11.3. The minimum absolute atomic E-state index is 0.0701. The molecule has 2 amide bonds. The van der Waals surface area contributed by atoms with Gasteiger partial charge in [0.2, 0.25) is 0 Å². The van der Waals surface area contributed by atoms with Gasteiger partial charge < -0.3 is 10.4 Å². The molecule has 0 aromatic heterocycles. The average Bonchev–Trinajstić information content (AvgIpc) is 2.67. The van der Waals surface area contributed by atoms with E-state index in [1.54, 1.807) is 6.07 Å². The van der Waals surface area contributed by atoms with Crippen molar-refractivity contribution in [3.8, 4) is 0 Å². The summed E-state index contributed by atoms with van der Waals surface area (Å²) in [7, 11) is 0. The van der Waals surface area contributed by atoms with Crippen LogP contribution in [0, 0.1) is 0 Å². The van der Waals surface area contributed by atoms with Crippen LogP contribution in [0.25, 0.3) is 0 Å². The van der Waals surface area contributed by atoms with E-state index < -0.39 is 18.2 Å². The second-order valence-corrected chi connectivity index (χ2v) is 4.09. The molecular formula is C13H12F2N2O3. The highest BCUT2D eigenvalue weighted by Gasteiger charge is 2.31. The van der Waals surface area contributed by atoms with Crippen LogP contribution in [0.3, 0.4) is 0 Å². The third kappa shape index (κ3) is 2.67. The van der Waals surface area contributed by atoms with E-state index in [1.165, 1.54) is 18.2 Å². The molecule has 0 fully saturated rings. The minimum Gasteiger partial charge on any atom is -0.395 e. The highest BCUT2D eigenvalue weighted by molar-refractivity contribution is 6.17. The Morgan fingerprint density at radius 2 is 1.95 bits per heavy atom. The highest BCUT2D eigenvalue weighted by Crippen LogP contribution is 2.28. The van der Waals surface area contributed by atoms with Gasteiger partial charge in [0.1, 0.15) is 5.70 Å². The van der Waals surface area contributed by atoms with E-state index in [1.807, 2.05) is 0 Å². The van der Waals surface area contributed by atoms with Crippen molar-refractivity contribution in [3.63, 3.8) is 0 Å². The number of nitrogens with zero attached hydrogens (tertiary/aromatic N) is 1. The molecule has 0 spiro atoms. The second-order valence-electron chi connectivity index (χ2n) is 4.09. The fourth-order valence-corrected chi connectivity index (χ4v) is 1.86. The Hall–Kier alpha value is -2.28. The van der Waals surface area contributed by atoms with Crippen molar-refractivity contribution in [3.05, 3.63) is 41.6 Å². The quantitative estimate of drug-likeness (QED) is 0.798. The Morgan fingerprint density at radius 1 is 1.25 bits per heavy atom. The summed E-state index contributed by atoms with van der Waals surface area (Å²) in [5.41, 5.74) is -0.272. The molecule has 106 valence electrons. The van der Waals surface area contributed by atoms with Gasteiger partial charge in [0.25, 0.3) is 18.2 Å². The van der Waals surface area contributed by atoms with Crippen molar-refractivity contribution in [1.82, 2.24) is 4.90 Å². The Labute approximate surface area is 113 Å². The third-order valence-corrected chi connectivity index (χ3v) is 2.80. The number of benzene rings is 1. The Bertz CT molecular complexity index is 572. The lowest BCUT2D eigenvalue weighted by Gasteiger charge is -2.14. The first kappa shape index (κ1) is 14.1. The van der Waals surface area contributed by atoms with Crippen LogP contribution in [0.2, 0.25) is 0 Å².